The van der Waals surface area contributed by atoms with Crippen LogP contribution in [0.25, 0.3) is 11.8 Å². The van der Waals surface area contributed by atoms with E-state index in [1.54, 1.807) is 12.1 Å². The molecule has 0 fully saturated rings. The number of allylic oxidation sites excluding steroid dienone is 1. The van der Waals surface area contributed by atoms with E-state index in [0.717, 1.165) is 21.9 Å². The van der Waals surface area contributed by atoms with Gasteiger partial charge in [-0.05, 0) is 35.9 Å². The Morgan fingerprint density at radius 3 is 2.38 bits per heavy atom. The quantitative estimate of drug-likeness (QED) is 0.497. The predicted octanol–water partition coefficient (Wildman–Crippen LogP) is 2.85. The van der Waals surface area contributed by atoms with E-state index in [1.807, 2.05) is 48.2 Å². The van der Waals surface area contributed by atoms with Crippen LogP contribution in [0, 0.1) is 0 Å². The second-order valence-electron chi connectivity index (χ2n) is 6.43. The number of ketones is 1. The molecule has 3 aromatic rings. The van der Waals surface area contributed by atoms with Crippen LogP contribution in [-0.2, 0) is 0 Å². The number of H-pyrrole nitrogens is 1. The summed E-state index contributed by atoms with van der Waals surface area (Å²) in [4.78, 5) is 41.0. The van der Waals surface area contributed by atoms with Crippen molar-refractivity contribution in [3.8, 4) is 11.6 Å². The summed E-state index contributed by atoms with van der Waals surface area (Å²) < 4.78 is 0.788. The summed E-state index contributed by atoms with van der Waals surface area (Å²) in [6, 6.07) is 13.7. The minimum Gasteiger partial charge on any atom is -0.493 e. The van der Waals surface area contributed by atoms with Gasteiger partial charge in [-0.1, -0.05) is 41.9 Å². The van der Waals surface area contributed by atoms with E-state index >= 15 is 0 Å². The molecule has 0 saturated carbocycles. The molecule has 0 spiro atoms. The first-order chi connectivity index (χ1) is 13.8. The van der Waals surface area contributed by atoms with E-state index in [9.17, 15) is 19.5 Å². The Bertz CT molecular complexity index is 1210. The highest BCUT2D eigenvalue weighted by Gasteiger charge is 2.21. The van der Waals surface area contributed by atoms with Gasteiger partial charge in [0.05, 0.1) is 10.7 Å². The highest BCUT2D eigenvalue weighted by molar-refractivity contribution is 6.32. The van der Waals surface area contributed by atoms with Crippen LogP contribution in [0.1, 0.15) is 15.9 Å². The Balaban J connectivity index is 2.01. The average molecular weight is 412 g/mol. The monoisotopic (exact) mass is 411 g/mol. The lowest BCUT2D eigenvalue weighted by atomic mass is 10.1. The summed E-state index contributed by atoms with van der Waals surface area (Å²) in [5.74, 6) is -1.52. The molecule has 0 aliphatic carbocycles. The molecule has 2 aromatic carbocycles. The number of nitrogens with one attached hydrogen (secondary N) is 1. The molecule has 0 saturated heterocycles. The lowest BCUT2D eigenvalue weighted by Crippen LogP contribution is -2.32. The van der Waals surface area contributed by atoms with Gasteiger partial charge >= 0.3 is 5.69 Å². The third-order valence-corrected chi connectivity index (χ3v) is 4.58. The highest BCUT2D eigenvalue weighted by Crippen LogP contribution is 2.23. The molecule has 3 rings (SSSR count). The van der Waals surface area contributed by atoms with Crippen LogP contribution in [0.15, 0.2) is 64.2 Å². The largest absolute Gasteiger partial charge is 0.493 e. The van der Waals surface area contributed by atoms with Gasteiger partial charge in [-0.25, -0.2) is 9.36 Å². The molecular weight excluding hydrogens is 394 g/mol. The van der Waals surface area contributed by atoms with Crippen LogP contribution >= 0.6 is 11.6 Å². The van der Waals surface area contributed by atoms with Crippen molar-refractivity contribution < 1.29 is 9.90 Å². The van der Waals surface area contributed by atoms with E-state index in [-0.39, 0.29) is 10.7 Å². The van der Waals surface area contributed by atoms with Crippen molar-refractivity contribution in [2.45, 2.75) is 0 Å². The van der Waals surface area contributed by atoms with Crippen LogP contribution in [0.3, 0.4) is 0 Å². The Morgan fingerprint density at radius 1 is 1.10 bits per heavy atom. The first-order valence-electron chi connectivity index (χ1n) is 8.62. The molecular formula is C21H18ClN3O4. The van der Waals surface area contributed by atoms with Gasteiger partial charge in [-0.15, -0.1) is 0 Å². The van der Waals surface area contributed by atoms with Gasteiger partial charge in [-0.2, -0.15) is 0 Å². The third kappa shape index (κ3) is 4.14. The van der Waals surface area contributed by atoms with Crippen molar-refractivity contribution in [2.24, 2.45) is 0 Å². The first kappa shape index (κ1) is 20.2. The number of nitrogens with zero attached hydrogens (tertiary/aromatic N) is 2. The summed E-state index contributed by atoms with van der Waals surface area (Å²) >= 11 is 6.09. The normalized spacial score (nSPS) is 11.0. The van der Waals surface area contributed by atoms with Crippen LogP contribution < -0.4 is 16.1 Å². The zero-order chi connectivity index (χ0) is 21.1. The first-order valence-corrected chi connectivity index (χ1v) is 9.00. The number of rotatable bonds is 5. The maximum absolute atomic E-state index is 12.6. The maximum Gasteiger partial charge on any atom is 0.335 e. The van der Waals surface area contributed by atoms with Gasteiger partial charge in [0.2, 0.25) is 5.88 Å². The van der Waals surface area contributed by atoms with Gasteiger partial charge in [0.25, 0.3) is 5.56 Å². The lowest BCUT2D eigenvalue weighted by molar-refractivity contribution is 0.104. The second-order valence-corrected chi connectivity index (χ2v) is 6.84. The number of aromatic hydroxyl groups is 1. The molecule has 8 heteroatoms. The number of aromatic nitrogens is 2. The van der Waals surface area contributed by atoms with E-state index in [0.29, 0.717) is 0 Å². The van der Waals surface area contributed by atoms with Gasteiger partial charge in [0, 0.05) is 19.8 Å². The molecule has 29 heavy (non-hydrogen) atoms. The van der Waals surface area contributed by atoms with Crippen LogP contribution in [0.5, 0.6) is 5.88 Å². The number of halogens is 1. The van der Waals surface area contributed by atoms with Gasteiger partial charge in [0.1, 0.15) is 5.56 Å². The van der Waals surface area contributed by atoms with Crippen molar-refractivity contribution in [1.29, 1.82) is 0 Å². The number of hydrogen-bond acceptors (Lipinski definition) is 5. The van der Waals surface area contributed by atoms with Gasteiger partial charge in [0.15, 0.2) is 5.78 Å². The molecule has 0 aliphatic heterocycles. The molecule has 0 bridgehead atoms. The lowest BCUT2D eigenvalue weighted by Gasteiger charge is -2.12. The van der Waals surface area contributed by atoms with Crippen molar-refractivity contribution in [3.63, 3.8) is 0 Å². The van der Waals surface area contributed by atoms with Gasteiger partial charge in [-0.3, -0.25) is 14.6 Å². The number of carbonyl (C=O) groups is 1. The van der Waals surface area contributed by atoms with Crippen molar-refractivity contribution >= 4 is 29.1 Å². The number of anilines is 1. The molecule has 2 N–H and O–H groups in total. The fourth-order valence-corrected chi connectivity index (χ4v) is 2.96. The number of benzene rings is 2. The summed E-state index contributed by atoms with van der Waals surface area (Å²) in [5.41, 5.74) is -0.557. The molecule has 1 heterocycles. The maximum atomic E-state index is 12.6. The molecule has 0 radical (unpaired) electrons. The average Bonchev–Trinajstić information content (AvgIpc) is 2.67. The van der Waals surface area contributed by atoms with E-state index in [2.05, 4.69) is 0 Å². The van der Waals surface area contributed by atoms with Crippen LogP contribution in [0.2, 0.25) is 5.02 Å². The molecule has 0 amide bonds. The van der Waals surface area contributed by atoms with E-state index in [4.69, 9.17) is 11.6 Å². The smallest absolute Gasteiger partial charge is 0.335 e. The SMILES string of the molecule is CN(C)c1ccc(C=CC(=O)c2c(O)n(-c3ccccc3Cl)c(=O)[nH]c2=O)cc1. The number of para-hydroxylation sites is 1. The summed E-state index contributed by atoms with van der Waals surface area (Å²) in [6.45, 7) is 0. The van der Waals surface area contributed by atoms with Gasteiger partial charge < -0.3 is 10.0 Å². The minimum atomic E-state index is -0.978. The Labute approximate surface area is 171 Å². The van der Waals surface area contributed by atoms with Crippen LogP contribution in [0.4, 0.5) is 5.69 Å². The summed E-state index contributed by atoms with van der Waals surface area (Å²) in [5, 5.41) is 10.7. The number of hydrogen-bond donors (Lipinski definition) is 2. The fraction of sp³-hybridized carbons (Fsp3) is 0.0952. The van der Waals surface area contributed by atoms with Crippen molar-refractivity contribution in [1.82, 2.24) is 9.55 Å². The molecule has 148 valence electrons. The molecule has 0 atom stereocenters. The van der Waals surface area contributed by atoms with E-state index < -0.39 is 28.5 Å². The number of aromatic amines is 1. The van der Waals surface area contributed by atoms with Crippen molar-refractivity contribution in [2.75, 3.05) is 19.0 Å². The zero-order valence-corrected chi connectivity index (χ0v) is 16.5. The van der Waals surface area contributed by atoms with Crippen molar-refractivity contribution in [3.05, 3.63) is 91.6 Å². The zero-order valence-electron chi connectivity index (χ0n) is 15.7. The summed E-state index contributed by atoms with van der Waals surface area (Å²) in [7, 11) is 3.83. The van der Waals surface area contributed by atoms with E-state index in [1.165, 1.54) is 18.2 Å². The Morgan fingerprint density at radius 2 is 1.76 bits per heavy atom. The Hall–Kier alpha value is -3.58. The Kier molecular flexibility index (Phi) is 5.70. The summed E-state index contributed by atoms with van der Waals surface area (Å²) in [6.07, 6.45) is 2.68. The molecule has 7 nitrogen and oxygen atoms in total. The molecule has 0 aliphatic rings. The standard InChI is InChI=1S/C21H18ClN3O4/c1-24(2)14-10-7-13(8-11-14)9-12-17(26)18-19(27)23-21(29)25(20(18)28)16-6-4-3-5-15(16)22/h3-12,28H,1-2H3,(H,23,27,29). The third-order valence-electron chi connectivity index (χ3n) is 4.26. The minimum absolute atomic E-state index is 0.144. The second kappa shape index (κ2) is 8.20. The van der Waals surface area contributed by atoms with Crippen LogP contribution in [-0.4, -0.2) is 34.5 Å². The predicted molar refractivity (Wildman–Crippen MR) is 113 cm³/mol. The fourth-order valence-electron chi connectivity index (χ4n) is 2.74. The molecule has 1 aromatic heterocycles. The number of carbonyl (C=O) groups excluding carboxylic acids is 1. The topological polar surface area (TPSA) is 95.4 Å². The highest BCUT2D eigenvalue weighted by atomic mass is 35.5. The molecule has 0 unspecified atom stereocenters.